The van der Waals surface area contributed by atoms with Crippen molar-refractivity contribution in [3.05, 3.63) is 48.3 Å². The van der Waals surface area contributed by atoms with Crippen molar-refractivity contribution in [3.63, 3.8) is 0 Å². The fourth-order valence-corrected chi connectivity index (χ4v) is 2.07. The summed E-state index contributed by atoms with van der Waals surface area (Å²) >= 11 is 0. The van der Waals surface area contributed by atoms with Gasteiger partial charge in [0, 0.05) is 7.05 Å². The van der Waals surface area contributed by atoms with Crippen LogP contribution < -0.4 is 0 Å². The fraction of sp³-hybridized carbons (Fsp3) is 0.143. The maximum atomic E-state index is 4.50. The van der Waals surface area contributed by atoms with Gasteiger partial charge in [-0.15, -0.1) is 0 Å². The Labute approximate surface area is 99.8 Å². The molecule has 0 atom stereocenters. The van der Waals surface area contributed by atoms with E-state index in [1.165, 1.54) is 5.56 Å². The van der Waals surface area contributed by atoms with E-state index in [4.69, 9.17) is 0 Å². The third-order valence-corrected chi connectivity index (χ3v) is 2.92. The van der Waals surface area contributed by atoms with E-state index in [0.29, 0.717) is 0 Å². The summed E-state index contributed by atoms with van der Waals surface area (Å²) in [6, 6.07) is 12.4. The Morgan fingerprint density at radius 3 is 2.65 bits per heavy atom. The molecule has 0 bridgehead atoms. The molecule has 2 aromatic heterocycles. The molecule has 0 aliphatic carbocycles. The van der Waals surface area contributed by atoms with E-state index in [0.717, 1.165) is 22.6 Å². The lowest BCUT2D eigenvalue weighted by atomic mass is 10.1. The third-order valence-electron chi connectivity index (χ3n) is 2.92. The van der Waals surface area contributed by atoms with Gasteiger partial charge in [0.05, 0.1) is 17.6 Å². The monoisotopic (exact) mass is 223 g/mol. The van der Waals surface area contributed by atoms with Crippen molar-refractivity contribution < 1.29 is 0 Å². The Balaban J connectivity index is 2.28. The van der Waals surface area contributed by atoms with Crippen LogP contribution in [0.25, 0.3) is 22.4 Å². The fourth-order valence-electron chi connectivity index (χ4n) is 2.07. The van der Waals surface area contributed by atoms with Crippen molar-refractivity contribution in [2.45, 2.75) is 6.92 Å². The summed E-state index contributed by atoms with van der Waals surface area (Å²) in [7, 11) is 2.02. The van der Waals surface area contributed by atoms with Crippen LogP contribution in [0, 0.1) is 6.92 Å². The molecule has 0 radical (unpaired) electrons. The molecule has 0 saturated heterocycles. The number of fused-ring (bicyclic) bond motifs is 1. The molecule has 1 aromatic carbocycles. The van der Waals surface area contributed by atoms with E-state index in [-0.39, 0.29) is 0 Å². The Hall–Kier alpha value is -2.16. The van der Waals surface area contributed by atoms with Gasteiger partial charge in [-0.1, -0.05) is 30.3 Å². The van der Waals surface area contributed by atoms with Crippen LogP contribution in [0.5, 0.6) is 0 Å². The molecule has 3 rings (SSSR count). The quantitative estimate of drug-likeness (QED) is 0.635. The molecule has 3 heteroatoms. The third kappa shape index (κ3) is 1.60. The zero-order valence-electron chi connectivity index (χ0n) is 9.88. The molecule has 84 valence electrons. The van der Waals surface area contributed by atoms with E-state index >= 15 is 0 Å². The minimum atomic E-state index is 0.925. The Kier molecular flexibility index (Phi) is 2.18. The Morgan fingerprint density at radius 2 is 1.88 bits per heavy atom. The van der Waals surface area contributed by atoms with Crippen LogP contribution in [0.3, 0.4) is 0 Å². The van der Waals surface area contributed by atoms with Crippen LogP contribution in [0.4, 0.5) is 0 Å². The summed E-state index contributed by atoms with van der Waals surface area (Å²) < 4.78 is 2.08. The first-order valence-corrected chi connectivity index (χ1v) is 5.60. The van der Waals surface area contributed by atoms with Gasteiger partial charge < -0.3 is 4.57 Å². The molecule has 0 aliphatic rings. The average molecular weight is 223 g/mol. The van der Waals surface area contributed by atoms with Crippen LogP contribution >= 0.6 is 0 Å². The van der Waals surface area contributed by atoms with Crippen molar-refractivity contribution in [2.75, 3.05) is 0 Å². The van der Waals surface area contributed by atoms with Gasteiger partial charge in [-0.3, -0.25) is 0 Å². The number of rotatable bonds is 1. The molecule has 0 amide bonds. The highest BCUT2D eigenvalue weighted by molar-refractivity contribution is 5.80. The second kappa shape index (κ2) is 3.70. The topological polar surface area (TPSA) is 30.7 Å². The Bertz CT molecular complexity index is 669. The lowest BCUT2D eigenvalue weighted by Crippen LogP contribution is -1.93. The normalized spacial score (nSPS) is 10.9. The number of hydrogen-bond donors (Lipinski definition) is 0. The standard InChI is InChI=1S/C14H13N3/c1-10-9-15-14-12(16-10)8-13(17(14)2)11-6-4-3-5-7-11/h3-9H,1-2H3. The number of aromatic nitrogens is 3. The van der Waals surface area contributed by atoms with Gasteiger partial charge in [-0.2, -0.15) is 0 Å². The first kappa shape index (κ1) is 10.0. The van der Waals surface area contributed by atoms with Crippen molar-refractivity contribution in [3.8, 4) is 11.3 Å². The number of nitrogens with zero attached hydrogens (tertiary/aromatic N) is 3. The maximum Gasteiger partial charge on any atom is 0.158 e. The van der Waals surface area contributed by atoms with Gasteiger partial charge in [0.15, 0.2) is 5.65 Å². The SMILES string of the molecule is Cc1cnc2c(cc(-c3ccccc3)n2C)n1. The van der Waals surface area contributed by atoms with Gasteiger partial charge in [-0.05, 0) is 18.6 Å². The molecular weight excluding hydrogens is 210 g/mol. The summed E-state index contributed by atoms with van der Waals surface area (Å²) in [5, 5.41) is 0. The number of benzene rings is 1. The second-order valence-corrected chi connectivity index (χ2v) is 4.17. The van der Waals surface area contributed by atoms with Crippen molar-refractivity contribution in [2.24, 2.45) is 7.05 Å². The molecule has 0 spiro atoms. The zero-order chi connectivity index (χ0) is 11.8. The molecule has 0 aliphatic heterocycles. The molecule has 0 unspecified atom stereocenters. The van der Waals surface area contributed by atoms with Gasteiger partial charge in [0.2, 0.25) is 0 Å². The largest absolute Gasteiger partial charge is 0.327 e. The van der Waals surface area contributed by atoms with E-state index < -0.39 is 0 Å². The minimum absolute atomic E-state index is 0.925. The molecule has 3 nitrogen and oxygen atoms in total. The van der Waals surface area contributed by atoms with Crippen LogP contribution in [-0.4, -0.2) is 14.5 Å². The zero-order valence-corrected chi connectivity index (χ0v) is 9.88. The van der Waals surface area contributed by atoms with Crippen molar-refractivity contribution >= 4 is 11.2 Å². The van der Waals surface area contributed by atoms with E-state index in [1.54, 1.807) is 6.20 Å². The van der Waals surface area contributed by atoms with Gasteiger partial charge in [-0.25, -0.2) is 9.97 Å². The summed E-state index contributed by atoms with van der Waals surface area (Å²) in [5.74, 6) is 0. The van der Waals surface area contributed by atoms with Crippen LogP contribution in [0.15, 0.2) is 42.6 Å². The van der Waals surface area contributed by atoms with Crippen LogP contribution in [-0.2, 0) is 7.05 Å². The van der Waals surface area contributed by atoms with Crippen molar-refractivity contribution in [1.82, 2.24) is 14.5 Å². The molecule has 2 heterocycles. The second-order valence-electron chi connectivity index (χ2n) is 4.17. The molecule has 3 aromatic rings. The van der Waals surface area contributed by atoms with Gasteiger partial charge >= 0.3 is 0 Å². The molecule has 0 fully saturated rings. The van der Waals surface area contributed by atoms with Gasteiger partial charge in [0.1, 0.15) is 5.52 Å². The maximum absolute atomic E-state index is 4.50. The molecule has 0 N–H and O–H groups in total. The Morgan fingerprint density at radius 1 is 1.12 bits per heavy atom. The van der Waals surface area contributed by atoms with Crippen LogP contribution in [0.1, 0.15) is 5.69 Å². The number of aryl methyl sites for hydroxylation is 2. The summed E-state index contributed by atoms with van der Waals surface area (Å²) in [6.45, 7) is 1.96. The smallest absolute Gasteiger partial charge is 0.158 e. The predicted molar refractivity (Wildman–Crippen MR) is 68.7 cm³/mol. The highest BCUT2D eigenvalue weighted by atomic mass is 15.0. The summed E-state index contributed by atoms with van der Waals surface area (Å²) in [5.41, 5.74) is 5.15. The predicted octanol–water partition coefficient (Wildman–Crippen LogP) is 2.94. The highest BCUT2D eigenvalue weighted by Crippen LogP contribution is 2.24. The lowest BCUT2D eigenvalue weighted by molar-refractivity contribution is 0.952. The summed E-state index contributed by atoms with van der Waals surface area (Å²) in [4.78, 5) is 8.93. The van der Waals surface area contributed by atoms with Gasteiger partial charge in [0.25, 0.3) is 0 Å². The average Bonchev–Trinajstić information content (AvgIpc) is 2.67. The van der Waals surface area contributed by atoms with Crippen molar-refractivity contribution in [1.29, 1.82) is 0 Å². The van der Waals surface area contributed by atoms with E-state index in [9.17, 15) is 0 Å². The van der Waals surface area contributed by atoms with E-state index in [2.05, 4.69) is 32.7 Å². The molecular formula is C14H13N3. The molecule has 17 heavy (non-hydrogen) atoms. The first-order valence-electron chi connectivity index (χ1n) is 5.60. The lowest BCUT2D eigenvalue weighted by Gasteiger charge is -2.02. The molecule has 0 saturated carbocycles. The summed E-state index contributed by atoms with van der Waals surface area (Å²) in [6.07, 6.45) is 1.80. The minimum Gasteiger partial charge on any atom is -0.327 e. The van der Waals surface area contributed by atoms with E-state index in [1.807, 2.05) is 32.2 Å². The highest BCUT2D eigenvalue weighted by Gasteiger charge is 2.09. The first-order chi connectivity index (χ1) is 8.25. The van der Waals surface area contributed by atoms with Crippen LogP contribution in [0.2, 0.25) is 0 Å². The number of hydrogen-bond acceptors (Lipinski definition) is 2.